The Balaban J connectivity index is 2.36. The molecule has 0 radical (unpaired) electrons. The summed E-state index contributed by atoms with van der Waals surface area (Å²) in [6, 6.07) is 5.55. The minimum absolute atomic E-state index is 0.102. The highest BCUT2D eigenvalue weighted by Gasteiger charge is 2.12. The van der Waals surface area contributed by atoms with Crippen molar-refractivity contribution in [3.05, 3.63) is 29.6 Å². The molecule has 110 valence electrons. The first-order valence-corrected chi connectivity index (χ1v) is 6.81. The van der Waals surface area contributed by atoms with Gasteiger partial charge in [0.25, 0.3) is 0 Å². The summed E-state index contributed by atoms with van der Waals surface area (Å²) in [5, 5.41) is 0. The summed E-state index contributed by atoms with van der Waals surface area (Å²) >= 11 is 0. The van der Waals surface area contributed by atoms with Crippen molar-refractivity contribution in [1.29, 1.82) is 0 Å². The molecule has 1 aromatic heterocycles. The fourth-order valence-electron chi connectivity index (χ4n) is 2.16. The topological polar surface area (TPSA) is 44.1 Å². The third kappa shape index (κ3) is 3.60. The molecular formula is C16H17FN2O2. The molecule has 1 aromatic carbocycles. The minimum Gasteiger partial charge on any atom is -0.458 e. The number of imidazole rings is 1. The van der Waals surface area contributed by atoms with Gasteiger partial charge in [0.05, 0.1) is 17.7 Å². The number of hydrogen-bond donors (Lipinski definition) is 0. The maximum absolute atomic E-state index is 12.3. The Morgan fingerprint density at radius 3 is 2.95 bits per heavy atom. The highest BCUT2D eigenvalue weighted by Crippen LogP contribution is 2.19. The molecule has 0 aliphatic heterocycles. The number of halogens is 1. The van der Waals surface area contributed by atoms with Gasteiger partial charge in [-0.25, -0.2) is 4.98 Å². The van der Waals surface area contributed by atoms with Crippen LogP contribution in [0, 0.1) is 12.3 Å². The van der Waals surface area contributed by atoms with Gasteiger partial charge in [-0.3, -0.25) is 9.18 Å². The van der Waals surface area contributed by atoms with Gasteiger partial charge in [-0.1, -0.05) is 5.92 Å². The van der Waals surface area contributed by atoms with Crippen LogP contribution in [-0.2, 0) is 22.7 Å². The second kappa shape index (κ2) is 6.89. The Morgan fingerprint density at radius 1 is 1.48 bits per heavy atom. The molecule has 0 fully saturated rings. The number of ether oxygens (including phenoxy) is 1. The second-order valence-corrected chi connectivity index (χ2v) is 4.70. The van der Waals surface area contributed by atoms with Gasteiger partial charge in [0.2, 0.25) is 0 Å². The van der Waals surface area contributed by atoms with E-state index >= 15 is 0 Å². The number of carbonyl (C=O) groups is 1. The Bertz CT molecular complexity index is 685. The van der Waals surface area contributed by atoms with Crippen molar-refractivity contribution >= 4 is 17.0 Å². The quantitative estimate of drug-likeness (QED) is 0.466. The van der Waals surface area contributed by atoms with E-state index in [0.29, 0.717) is 25.2 Å². The Morgan fingerprint density at radius 2 is 2.29 bits per heavy atom. The van der Waals surface area contributed by atoms with E-state index in [1.165, 1.54) is 6.92 Å². The van der Waals surface area contributed by atoms with Crippen LogP contribution >= 0.6 is 0 Å². The van der Waals surface area contributed by atoms with Gasteiger partial charge in [0, 0.05) is 19.0 Å². The van der Waals surface area contributed by atoms with Gasteiger partial charge >= 0.3 is 5.97 Å². The lowest BCUT2D eigenvalue weighted by atomic mass is 10.2. The van der Waals surface area contributed by atoms with E-state index < -0.39 is 0 Å². The number of unbranched alkanes of at least 4 members (excludes halogenated alkanes) is 1. The highest BCUT2D eigenvalue weighted by molar-refractivity contribution is 5.78. The third-order valence-corrected chi connectivity index (χ3v) is 3.16. The molecule has 0 atom stereocenters. The van der Waals surface area contributed by atoms with Crippen LogP contribution < -0.4 is 0 Å². The van der Waals surface area contributed by atoms with Crippen LogP contribution in [0.1, 0.15) is 31.2 Å². The number of alkyl halides is 1. The first-order valence-electron chi connectivity index (χ1n) is 6.81. The summed E-state index contributed by atoms with van der Waals surface area (Å²) in [7, 11) is 0. The maximum atomic E-state index is 12.3. The van der Waals surface area contributed by atoms with Crippen LogP contribution in [-0.4, -0.2) is 22.2 Å². The molecule has 1 heterocycles. The molecule has 0 N–H and O–H groups in total. The number of aromatic nitrogens is 2. The fraction of sp³-hybridized carbons (Fsp3) is 0.375. The van der Waals surface area contributed by atoms with Gasteiger partial charge in [-0.05, 0) is 31.0 Å². The van der Waals surface area contributed by atoms with E-state index in [0.717, 1.165) is 16.6 Å². The summed E-state index contributed by atoms with van der Waals surface area (Å²) < 4.78 is 19.2. The lowest BCUT2D eigenvalue weighted by Gasteiger charge is -2.08. The normalized spacial score (nSPS) is 10.5. The first kappa shape index (κ1) is 15.0. The van der Waals surface area contributed by atoms with Gasteiger partial charge < -0.3 is 9.30 Å². The molecule has 5 heteroatoms. The minimum atomic E-state index is -0.360. The lowest BCUT2D eigenvalue weighted by Crippen LogP contribution is -2.08. The van der Waals surface area contributed by atoms with E-state index in [1.807, 2.05) is 22.8 Å². The molecule has 2 aromatic rings. The molecule has 0 bridgehead atoms. The van der Waals surface area contributed by atoms with Gasteiger partial charge in [0.1, 0.15) is 12.4 Å². The van der Waals surface area contributed by atoms with Crippen LogP contribution in [0.25, 0.3) is 11.0 Å². The van der Waals surface area contributed by atoms with E-state index in [1.54, 1.807) is 0 Å². The molecule has 0 saturated carbocycles. The maximum Gasteiger partial charge on any atom is 0.303 e. The number of nitrogens with zero attached hydrogens (tertiary/aromatic N) is 2. The Kier molecular flexibility index (Phi) is 4.94. The zero-order valence-corrected chi connectivity index (χ0v) is 11.9. The number of esters is 1. The average molecular weight is 288 g/mol. The van der Waals surface area contributed by atoms with Crippen LogP contribution in [0.15, 0.2) is 18.2 Å². The Labute approximate surface area is 122 Å². The van der Waals surface area contributed by atoms with E-state index in [2.05, 4.69) is 10.9 Å². The van der Waals surface area contributed by atoms with Crippen LogP contribution in [0.4, 0.5) is 4.39 Å². The van der Waals surface area contributed by atoms with E-state index in [4.69, 9.17) is 11.2 Å². The molecule has 0 unspecified atom stereocenters. The van der Waals surface area contributed by atoms with Crippen LogP contribution in [0.2, 0.25) is 0 Å². The molecule has 0 saturated heterocycles. The summed E-state index contributed by atoms with van der Waals surface area (Å²) in [6.07, 6.45) is 6.58. The van der Waals surface area contributed by atoms with E-state index in [-0.39, 0.29) is 19.3 Å². The van der Waals surface area contributed by atoms with Crippen molar-refractivity contribution < 1.29 is 13.9 Å². The second-order valence-electron chi connectivity index (χ2n) is 4.70. The standard InChI is InChI=1S/C16H17FN2O2/c1-3-13-6-7-15-14(10-13)18-16(11-21-12(2)20)19(15)9-5-4-8-17/h1,6-7,10H,4-5,8-9,11H2,2H3. The molecule has 21 heavy (non-hydrogen) atoms. The predicted molar refractivity (Wildman–Crippen MR) is 78.3 cm³/mol. The highest BCUT2D eigenvalue weighted by atomic mass is 19.1. The number of fused-ring (bicyclic) bond motifs is 1. The van der Waals surface area contributed by atoms with Gasteiger partial charge in [-0.2, -0.15) is 0 Å². The number of carbonyl (C=O) groups excluding carboxylic acids is 1. The Hall–Kier alpha value is -2.35. The summed E-state index contributed by atoms with van der Waals surface area (Å²) in [4.78, 5) is 15.4. The van der Waals surface area contributed by atoms with Gasteiger partial charge in [0.15, 0.2) is 0 Å². The first-order chi connectivity index (χ1) is 10.2. The summed E-state index contributed by atoms with van der Waals surface area (Å²) in [5.41, 5.74) is 2.41. The van der Waals surface area contributed by atoms with E-state index in [9.17, 15) is 9.18 Å². The lowest BCUT2D eigenvalue weighted by molar-refractivity contribution is -0.142. The molecule has 0 spiro atoms. The number of hydrogen-bond acceptors (Lipinski definition) is 3. The van der Waals surface area contributed by atoms with Crippen LogP contribution in [0.5, 0.6) is 0 Å². The molecule has 0 aliphatic carbocycles. The van der Waals surface area contributed by atoms with Crippen molar-refractivity contribution in [2.45, 2.75) is 32.9 Å². The fourth-order valence-corrected chi connectivity index (χ4v) is 2.16. The average Bonchev–Trinajstić information content (AvgIpc) is 2.82. The molecule has 0 aliphatic rings. The molecule has 4 nitrogen and oxygen atoms in total. The number of aryl methyl sites for hydroxylation is 1. The smallest absolute Gasteiger partial charge is 0.303 e. The largest absolute Gasteiger partial charge is 0.458 e. The number of rotatable bonds is 6. The monoisotopic (exact) mass is 288 g/mol. The summed E-state index contributed by atoms with van der Waals surface area (Å²) in [5.74, 6) is 2.85. The molecule has 2 rings (SSSR count). The zero-order chi connectivity index (χ0) is 15.2. The van der Waals surface area contributed by atoms with Crippen molar-refractivity contribution in [2.24, 2.45) is 0 Å². The predicted octanol–water partition coefficient (Wildman–Crippen LogP) is 2.83. The van der Waals surface area contributed by atoms with Crippen LogP contribution in [0.3, 0.4) is 0 Å². The molecule has 0 amide bonds. The zero-order valence-electron chi connectivity index (χ0n) is 11.9. The molecular weight excluding hydrogens is 271 g/mol. The van der Waals surface area contributed by atoms with Crippen molar-refractivity contribution in [2.75, 3.05) is 6.67 Å². The van der Waals surface area contributed by atoms with Crippen molar-refractivity contribution in [1.82, 2.24) is 9.55 Å². The number of benzene rings is 1. The SMILES string of the molecule is C#Cc1ccc2c(c1)nc(COC(C)=O)n2CCCCF. The summed E-state index contributed by atoms with van der Waals surface area (Å²) in [6.45, 7) is 1.75. The third-order valence-electron chi connectivity index (χ3n) is 3.16. The van der Waals surface area contributed by atoms with Gasteiger partial charge in [-0.15, -0.1) is 6.42 Å². The van der Waals surface area contributed by atoms with Crippen molar-refractivity contribution in [3.8, 4) is 12.3 Å². The number of terminal acetylenes is 1. The van der Waals surface area contributed by atoms with Crippen molar-refractivity contribution in [3.63, 3.8) is 0 Å².